The molecule has 3 nitrogen and oxygen atoms in total. The first-order chi connectivity index (χ1) is 6.27. The molecule has 72 valence electrons. The van der Waals surface area contributed by atoms with Gasteiger partial charge < -0.3 is 15.2 Å². The molecule has 0 aliphatic rings. The normalized spacial score (nSPS) is 10.3. The van der Waals surface area contributed by atoms with Crippen LogP contribution in [0.25, 0.3) is 0 Å². The minimum absolute atomic E-state index is 0.284. The average molecular weight is 181 g/mol. The van der Waals surface area contributed by atoms with Gasteiger partial charge in [-0.1, -0.05) is 6.07 Å². The predicted molar refractivity (Wildman–Crippen MR) is 51.6 cm³/mol. The van der Waals surface area contributed by atoms with Crippen molar-refractivity contribution in [3.05, 3.63) is 29.3 Å². The van der Waals surface area contributed by atoms with Crippen LogP contribution >= 0.6 is 0 Å². The Kier molecular flexibility index (Phi) is 3.73. The zero-order valence-corrected chi connectivity index (χ0v) is 8.00. The monoisotopic (exact) mass is 181 g/mol. The van der Waals surface area contributed by atoms with Crippen molar-refractivity contribution >= 4 is 0 Å². The van der Waals surface area contributed by atoms with E-state index in [1.54, 1.807) is 19.2 Å². The molecular weight excluding hydrogens is 166 g/mol. The lowest BCUT2D eigenvalue weighted by atomic mass is 10.1. The summed E-state index contributed by atoms with van der Waals surface area (Å²) in [5.41, 5.74) is 2.18. The van der Waals surface area contributed by atoms with Crippen LogP contribution < -0.4 is 5.32 Å². The van der Waals surface area contributed by atoms with Gasteiger partial charge in [0.15, 0.2) is 0 Å². The highest BCUT2D eigenvalue weighted by atomic mass is 16.5. The van der Waals surface area contributed by atoms with E-state index in [1.807, 2.05) is 13.1 Å². The fourth-order valence-electron chi connectivity index (χ4n) is 1.27. The Morgan fingerprint density at radius 2 is 2.15 bits per heavy atom. The van der Waals surface area contributed by atoms with Crippen LogP contribution in [-0.4, -0.2) is 19.3 Å². The summed E-state index contributed by atoms with van der Waals surface area (Å²) in [6.07, 6.45) is 0. The second-order valence-corrected chi connectivity index (χ2v) is 2.92. The highest BCUT2D eigenvalue weighted by Crippen LogP contribution is 2.17. The van der Waals surface area contributed by atoms with Gasteiger partial charge in [-0.05, 0) is 30.3 Å². The van der Waals surface area contributed by atoms with Gasteiger partial charge in [0.1, 0.15) is 5.75 Å². The van der Waals surface area contributed by atoms with Gasteiger partial charge in [-0.2, -0.15) is 0 Å². The third-order valence-corrected chi connectivity index (χ3v) is 1.86. The van der Waals surface area contributed by atoms with Gasteiger partial charge in [-0.25, -0.2) is 0 Å². The molecule has 0 atom stereocenters. The molecule has 0 aromatic heterocycles. The van der Waals surface area contributed by atoms with Crippen LogP contribution in [0.4, 0.5) is 0 Å². The van der Waals surface area contributed by atoms with Crippen molar-refractivity contribution in [3.63, 3.8) is 0 Å². The number of hydrogen-bond acceptors (Lipinski definition) is 3. The third-order valence-electron chi connectivity index (χ3n) is 1.86. The topological polar surface area (TPSA) is 41.5 Å². The van der Waals surface area contributed by atoms with Crippen molar-refractivity contribution < 1.29 is 9.84 Å². The zero-order valence-electron chi connectivity index (χ0n) is 8.00. The Morgan fingerprint density at radius 3 is 2.77 bits per heavy atom. The molecule has 0 saturated carbocycles. The number of methoxy groups -OCH3 is 1. The largest absolute Gasteiger partial charge is 0.508 e. The first-order valence-electron chi connectivity index (χ1n) is 4.22. The first-order valence-corrected chi connectivity index (χ1v) is 4.22. The van der Waals surface area contributed by atoms with E-state index in [1.165, 1.54) is 0 Å². The summed E-state index contributed by atoms with van der Waals surface area (Å²) in [6, 6.07) is 5.32. The van der Waals surface area contributed by atoms with Crippen LogP contribution in [0.2, 0.25) is 0 Å². The number of hydrogen-bond donors (Lipinski definition) is 2. The van der Waals surface area contributed by atoms with Crippen molar-refractivity contribution in [1.29, 1.82) is 0 Å². The summed E-state index contributed by atoms with van der Waals surface area (Å²) in [4.78, 5) is 0. The van der Waals surface area contributed by atoms with E-state index < -0.39 is 0 Å². The molecule has 3 heteroatoms. The molecule has 0 fully saturated rings. The summed E-state index contributed by atoms with van der Waals surface area (Å²) >= 11 is 0. The zero-order chi connectivity index (χ0) is 9.68. The van der Waals surface area contributed by atoms with Gasteiger partial charge in [-0.15, -0.1) is 0 Å². The maximum absolute atomic E-state index is 9.26. The highest BCUT2D eigenvalue weighted by molar-refractivity contribution is 5.34. The van der Waals surface area contributed by atoms with Crippen molar-refractivity contribution in [1.82, 2.24) is 5.32 Å². The number of aromatic hydroxyl groups is 1. The summed E-state index contributed by atoms with van der Waals surface area (Å²) in [5.74, 6) is 0.284. The molecule has 0 spiro atoms. The molecular formula is C10H15NO2. The Bertz CT molecular complexity index is 274. The van der Waals surface area contributed by atoms with Crippen LogP contribution in [0, 0.1) is 0 Å². The number of ether oxygens (including phenoxy) is 1. The molecule has 0 heterocycles. The molecule has 1 aromatic carbocycles. The van der Waals surface area contributed by atoms with E-state index in [4.69, 9.17) is 4.74 Å². The number of nitrogens with one attached hydrogen (secondary N) is 1. The molecule has 0 aliphatic heterocycles. The van der Waals surface area contributed by atoms with Crippen LogP contribution in [0.3, 0.4) is 0 Å². The Morgan fingerprint density at radius 1 is 1.38 bits per heavy atom. The predicted octanol–water partition coefficient (Wildman–Crippen LogP) is 1.26. The van der Waals surface area contributed by atoms with E-state index in [0.717, 1.165) is 17.7 Å². The van der Waals surface area contributed by atoms with E-state index in [-0.39, 0.29) is 5.75 Å². The second kappa shape index (κ2) is 4.84. The van der Waals surface area contributed by atoms with Gasteiger partial charge in [0.05, 0.1) is 6.61 Å². The summed E-state index contributed by atoms with van der Waals surface area (Å²) < 4.78 is 5.03. The van der Waals surface area contributed by atoms with Crippen molar-refractivity contribution in [2.24, 2.45) is 0 Å². The summed E-state index contributed by atoms with van der Waals surface area (Å²) in [5, 5.41) is 12.3. The molecule has 0 unspecified atom stereocenters. The minimum atomic E-state index is 0.284. The first kappa shape index (κ1) is 10.0. The van der Waals surface area contributed by atoms with Gasteiger partial charge in [0.25, 0.3) is 0 Å². The summed E-state index contributed by atoms with van der Waals surface area (Å²) in [7, 11) is 3.54. The average Bonchev–Trinajstić information content (AvgIpc) is 2.10. The lowest BCUT2D eigenvalue weighted by Gasteiger charge is -2.08. The van der Waals surface area contributed by atoms with Gasteiger partial charge in [0.2, 0.25) is 0 Å². The number of phenolic OH excluding ortho intramolecular Hbond substituents is 1. The van der Waals surface area contributed by atoms with Crippen molar-refractivity contribution in [2.45, 2.75) is 13.2 Å². The van der Waals surface area contributed by atoms with Crippen LogP contribution in [0.5, 0.6) is 5.75 Å². The number of phenols is 1. The Balaban J connectivity index is 2.89. The van der Waals surface area contributed by atoms with Crippen molar-refractivity contribution in [3.8, 4) is 5.75 Å². The van der Waals surface area contributed by atoms with Gasteiger partial charge in [0, 0.05) is 13.7 Å². The lowest BCUT2D eigenvalue weighted by molar-refractivity contribution is 0.183. The molecule has 2 N–H and O–H groups in total. The fraction of sp³-hybridized carbons (Fsp3) is 0.400. The number of benzene rings is 1. The highest BCUT2D eigenvalue weighted by Gasteiger charge is 2.02. The van der Waals surface area contributed by atoms with Gasteiger partial charge in [-0.3, -0.25) is 0 Å². The lowest BCUT2D eigenvalue weighted by Crippen LogP contribution is -2.08. The molecule has 0 aliphatic carbocycles. The Hall–Kier alpha value is -1.06. The van der Waals surface area contributed by atoms with Crippen LogP contribution in [0.1, 0.15) is 11.1 Å². The standard InChI is InChI=1S/C10H15NO2/c1-11-6-8-3-4-10(12)5-9(8)7-13-2/h3-5,11-12H,6-7H2,1-2H3. The maximum atomic E-state index is 9.26. The van der Waals surface area contributed by atoms with Crippen LogP contribution in [-0.2, 0) is 17.9 Å². The third kappa shape index (κ3) is 2.72. The maximum Gasteiger partial charge on any atom is 0.115 e. The van der Waals surface area contributed by atoms with E-state index in [2.05, 4.69) is 5.32 Å². The molecule has 13 heavy (non-hydrogen) atoms. The second-order valence-electron chi connectivity index (χ2n) is 2.92. The summed E-state index contributed by atoms with van der Waals surface area (Å²) in [6.45, 7) is 1.32. The van der Waals surface area contributed by atoms with E-state index in [0.29, 0.717) is 6.61 Å². The Labute approximate surface area is 78.3 Å². The molecule has 1 rings (SSSR count). The fourth-order valence-corrected chi connectivity index (χ4v) is 1.27. The number of rotatable bonds is 4. The van der Waals surface area contributed by atoms with E-state index in [9.17, 15) is 5.11 Å². The van der Waals surface area contributed by atoms with Crippen molar-refractivity contribution in [2.75, 3.05) is 14.2 Å². The SMILES string of the molecule is CNCc1ccc(O)cc1COC. The molecule has 0 radical (unpaired) electrons. The molecule has 0 bridgehead atoms. The van der Waals surface area contributed by atoms with E-state index >= 15 is 0 Å². The smallest absolute Gasteiger partial charge is 0.115 e. The molecule has 1 aromatic rings. The molecule has 0 saturated heterocycles. The molecule has 0 amide bonds. The van der Waals surface area contributed by atoms with Crippen LogP contribution in [0.15, 0.2) is 18.2 Å². The minimum Gasteiger partial charge on any atom is -0.508 e. The van der Waals surface area contributed by atoms with Gasteiger partial charge >= 0.3 is 0 Å². The quantitative estimate of drug-likeness (QED) is 0.734.